The summed E-state index contributed by atoms with van der Waals surface area (Å²) in [7, 11) is -9.76. The molecule has 0 spiro atoms. The largest absolute Gasteiger partial charge is 0.472 e. The van der Waals surface area contributed by atoms with Gasteiger partial charge in [-0.1, -0.05) is 332 Å². The first-order valence-corrected chi connectivity index (χ1v) is 41.6. The van der Waals surface area contributed by atoms with Crippen molar-refractivity contribution in [2.45, 2.75) is 373 Å². The fraction of sp³-hybridized carbons (Fsp3) is 0.831. The van der Waals surface area contributed by atoms with Gasteiger partial charge in [-0.3, -0.25) is 32.5 Å². The number of aliphatic hydroxyl groups is 2. The van der Waals surface area contributed by atoms with Gasteiger partial charge in [0.15, 0.2) is 6.10 Å². The van der Waals surface area contributed by atoms with Gasteiger partial charge < -0.3 is 34.2 Å². The average Bonchev–Trinajstić information content (AvgIpc) is 1.83. The summed E-state index contributed by atoms with van der Waals surface area (Å²) in [5.41, 5.74) is 0. The quantitative estimate of drug-likeness (QED) is 0.0146. The minimum atomic E-state index is -4.92. The molecule has 0 saturated carbocycles. The Hall–Kier alpha value is -2.75. The van der Waals surface area contributed by atoms with Crippen LogP contribution in [0.25, 0.3) is 0 Å². The summed E-state index contributed by atoms with van der Waals surface area (Å²) in [5, 5.41) is 20.6. The number of phosphoric acid groups is 2. The molecule has 18 heteroatoms. The summed E-state index contributed by atoms with van der Waals surface area (Å²) < 4.78 is 61.1. The summed E-state index contributed by atoms with van der Waals surface area (Å²) in [6.07, 6.45) is 75.6. The standard InChI is InChI=1S/C77H142O16P2/c1-4-7-10-13-16-19-22-25-28-29-30-31-32-33-34-35-36-37-38-39-40-41-44-46-48-51-54-57-60-63-75(80)87-66-72(78)67-89-94(83,84)90-68-73(79)69-91-95(85,86)92-71-74(93-77(82)65-62-59-56-53-50-47-43-27-24-21-18-15-12-9-6-3)70-88-76(81)64-61-58-55-52-49-45-42-26-23-20-17-14-11-8-5-2/h7,10,16,19,25,28,30-31,33-34,72-74,78-79H,4-6,8-9,11-15,17-18,20-24,26-27,29,32,35-71H2,1-3H3,(H,83,84)(H,85,86)/b10-7-,19-16-,28-25-,31-30-,34-33-. The van der Waals surface area contributed by atoms with Crippen LogP contribution in [-0.2, 0) is 55.8 Å². The van der Waals surface area contributed by atoms with E-state index in [1.807, 2.05) is 0 Å². The lowest BCUT2D eigenvalue weighted by Crippen LogP contribution is -2.30. The summed E-state index contributed by atoms with van der Waals surface area (Å²) in [5.74, 6) is -1.55. The third kappa shape index (κ3) is 72.3. The second kappa shape index (κ2) is 71.1. The van der Waals surface area contributed by atoms with Crippen molar-refractivity contribution in [3.63, 3.8) is 0 Å². The van der Waals surface area contributed by atoms with Crippen molar-refractivity contribution >= 4 is 33.6 Å². The molecule has 0 aromatic rings. The van der Waals surface area contributed by atoms with E-state index in [1.54, 1.807) is 0 Å². The Morgan fingerprint density at radius 1 is 0.305 bits per heavy atom. The maximum Gasteiger partial charge on any atom is 0.472 e. The van der Waals surface area contributed by atoms with E-state index in [4.69, 9.17) is 32.3 Å². The van der Waals surface area contributed by atoms with Crippen LogP contribution in [0.4, 0.5) is 0 Å². The number of aliphatic hydroxyl groups excluding tert-OH is 2. The van der Waals surface area contributed by atoms with Crippen molar-refractivity contribution in [1.29, 1.82) is 0 Å². The highest BCUT2D eigenvalue weighted by molar-refractivity contribution is 7.47. The summed E-state index contributed by atoms with van der Waals surface area (Å²) in [6.45, 7) is 2.64. The molecule has 0 rings (SSSR count). The van der Waals surface area contributed by atoms with Crippen LogP contribution in [-0.4, -0.2) is 95.9 Å². The molecule has 5 unspecified atom stereocenters. The number of carbonyl (C=O) groups is 3. The van der Waals surface area contributed by atoms with E-state index in [-0.39, 0.29) is 19.3 Å². The third-order valence-electron chi connectivity index (χ3n) is 16.8. The molecule has 556 valence electrons. The molecule has 0 saturated heterocycles. The molecule has 0 aromatic carbocycles. The molecule has 0 fully saturated rings. The van der Waals surface area contributed by atoms with Crippen LogP contribution in [0.15, 0.2) is 60.8 Å². The highest BCUT2D eigenvalue weighted by Crippen LogP contribution is 2.45. The number of esters is 3. The molecule has 0 aliphatic heterocycles. The predicted molar refractivity (Wildman–Crippen MR) is 390 cm³/mol. The van der Waals surface area contributed by atoms with E-state index in [2.05, 4.69) is 81.5 Å². The van der Waals surface area contributed by atoms with Crippen molar-refractivity contribution in [2.75, 3.05) is 39.6 Å². The van der Waals surface area contributed by atoms with Gasteiger partial charge in [-0.05, 0) is 64.2 Å². The Morgan fingerprint density at radius 2 is 0.558 bits per heavy atom. The molecule has 0 radical (unpaired) electrons. The van der Waals surface area contributed by atoms with Gasteiger partial charge >= 0.3 is 33.6 Å². The van der Waals surface area contributed by atoms with Gasteiger partial charge in [0.1, 0.15) is 25.4 Å². The topological polar surface area (TPSA) is 231 Å². The number of unbranched alkanes of at least 4 members (excludes halogenated alkanes) is 41. The first kappa shape index (κ1) is 92.2. The Bertz CT molecular complexity index is 1980. The third-order valence-corrected chi connectivity index (χ3v) is 18.7. The van der Waals surface area contributed by atoms with Gasteiger partial charge in [0.25, 0.3) is 0 Å². The molecular weight excluding hydrogens is 1240 g/mol. The number of carbonyl (C=O) groups excluding carboxylic acids is 3. The van der Waals surface area contributed by atoms with Crippen molar-refractivity contribution in [3.8, 4) is 0 Å². The molecule has 0 heterocycles. The van der Waals surface area contributed by atoms with E-state index in [0.29, 0.717) is 19.3 Å². The van der Waals surface area contributed by atoms with E-state index >= 15 is 0 Å². The number of phosphoric ester groups is 2. The summed E-state index contributed by atoms with van der Waals surface area (Å²) in [6, 6.07) is 0. The van der Waals surface area contributed by atoms with Crippen molar-refractivity contribution in [3.05, 3.63) is 60.8 Å². The smallest absolute Gasteiger partial charge is 0.463 e. The van der Waals surface area contributed by atoms with E-state index in [0.717, 1.165) is 96.3 Å². The zero-order valence-electron chi connectivity index (χ0n) is 60.6. The van der Waals surface area contributed by atoms with Gasteiger partial charge in [-0.2, -0.15) is 0 Å². The molecule has 5 atom stereocenters. The van der Waals surface area contributed by atoms with Crippen LogP contribution in [0.1, 0.15) is 355 Å². The van der Waals surface area contributed by atoms with E-state index in [1.165, 1.54) is 199 Å². The minimum Gasteiger partial charge on any atom is -0.463 e. The van der Waals surface area contributed by atoms with E-state index in [9.17, 15) is 43.5 Å². The van der Waals surface area contributed by atoms with Crippen molar-refractivity contribution in [1.82, 2.24) is 0 Å². The maximum absolute atomic E-state index is 12.9. The van der Waals surface area contributed by atoms with Crippen LogP contribution in [0.5, 0.6) is 0 Å². The SMILES string of the molecule is CC/C=C\C/C=C\C/C=C\C/C=C\C/C=C\CCCCCCCCCCCCCCCC(=O)OCC(O)COP(=O)(O)OCC(O)COP(=O)(O)OCC(COC(=O)CCCCCCCCCCCCCCCCC)OC(=O)CCCCCCCCCCCCCCCCC. The first-order valence-electron chi connectivity index (χ1n) is 38.6. The molecular formula is C77H142O16P2. The molecule has 4 N–H and O–H groups in total. The number of rotatable bonds is 74. The molecule has 95 heavy (non-hydrogen) atoms. The lowest BCUT2D eigenvalue weighted by Gasteiger charge is -2.21. The van der Waals surface area contributed by atoms with Gasteiger partial charge in [-0.15, -0.1) is 0 Å². The molecule has 0 aromatic heterocycles. The minimum absolute atomic E-state index is 0.114. The molecule has 0 aliphatic rings. The number of hydrogen-bond acceptors (Lipinski definition) is 14. The summed E-state index contributed by atoms with van der Waals surface area (Å²) in [4.78, 5) is 58.5. The molecule has 0 amide bonds. The second-order valence-corrected chi connectivity index (χ2v) is 29.1. The Balaban J connectivity index is 4.44. The lowest BCUT2D eigenvalue weighted by molar-refractivity contribution is -0.161. The Kier molecular flexibility index (Phi) is 69.0. The molecule has 0 bridgehead atoms. The van der Waals surface area contributed by atoms with Crippen LogP contribution >= 0.6 is 15.6 Å². The normalized spacial score (nSPS) is 14.4. The number of allylic oxidation sites excluding steroid dienone is 10. The molecule has 0 aliphatic carbocycles. The first-order chi connectivity index (χ1) is 46.2. The van der Waals surface area contributed by atoms with Crippen LogP contribution in [0.3, 0.4) is 0 Å². The van der Waals surface area contributed by atoms with Gasteiger partial charge in [0, 0.05) is 19.3 Å². The molecule has 16 nitrogen and oxygen atoms in total. The lowest BCUT2D eigenvalue weighted by atomic mass is 10.0. The van der Waals surface area contributed by atoms with Gasteiger partial charge in [-0.25, -0.2) is 9.13 Å². The fourth-order valence-electron chi connectivity index (χ4n) is 10.9. The van der Waals surface area contributed by atoms with Crippen molar-refractivity contribution < 1.29 is 75.8 Å². The van der Waals surface area contributed by atoms with Gasteiger partial charge in [0.2, 0.25) is 0 Å². The highest BCUT2D eigenvalue weighted by Gasteiger charge is 2.29. The predicted octanol–water partition coefficient (Wildman–Crippen LogP) is 22.1. The van der Waals surface area contributed by atoms with Crippen LogP contribution < -0.4 is 0 Å². The highest BCUT2D eigenvalue weighted by atomic mass is 31.2. The fourth-order valence-corrected chi connectivity index (χ4v) is 12.5. The summed E-state index contributed by atoms with van der Waals surface area (Å²) >= 11 is 0. The van der Waals surface area contributed by atoms with Crippen LogP contribution in [0.2, 0.25) is 0 Å². The van der Waals surface area contributed by atoms with Gasteiger partial charge in [0.05, 0.1) is 26.4 Å². The zero-order valence-corrected chi connectivity index (χ0v) is 62.4. The van der Waals surface area contributed by atoms with Crippen LogP contribution in [0, 0.1) is 0 Å². The monoisotopic (exact) mass is 1380 g/mol. The Morgan fingerprint density at radius 3 is 0.884 bits per heavy atom. The van der Waals surface area contributed by atoms with E-state index < -0.39 is 91.5 Å². The second-order valence-electron chi connectivity index (χ2n) is 26.1. The zero-order chi connectivity index (χ0) is 69.5. The van der Waals surface area contributed by atoms with Crippen molar-refractivity contribution in [2.24, 2.45) is 0 Å². The number of ether oxygens (including phenoxy) is 3. The Labute approximate surface area is 580 Å². The maximum atomic E-state index is 12.9. The average molecular weight is 1390 g/mol. The number of hydrogen-bond donors (Lipinski definition) is 4.